The highest BCUT2D eigenvalue weighted by atomic mass is 16.7. The third-order valence-electron chi connectivity index (χ3n) is 2.60. The molecule has 0 aromatic rings. The van der Waals surface area contributed by atoms with E-state index in [4.69, 9.17) is 5.11 Å². The molecule has 92 valence electrons. The number of likely N-dealkylation sites (N-methyl/N-ethyl adjacent to an activating group) is 1. The minimum atomic E-state index is -1.12. The van der Waals surface area contributed by atoms with Crippen LogP contribution in [0.2, 0.25) is 0 Å². The summed E-state index contributed by atoms with van der Waals surface area (Å²) >= 11 is 0. The second-order valence-electron chi connectivity index (χ2n) is 3.87. The van der Waals surface area contributed by atoms with E-state index in [2.05, 4.69) is 15.2 Å². The van der Waals surface area contributed by atoms with E-state index >= 15 is 0 Å². The average Bonchev–Trinajstić information content (AvgIpc) is 2.21. The van der Waals surface area contributed by atoms with Crippen molar-refractivity contribution >= 4 is 12.0 Å². The molecule has 0 radical (unpaired) electrons. The molecule has 2 N–H and O–H groups in total. The lowest BCUT2D eigenvalue weighted by molar-refractivity contribution is -0.144. The minimum absolute atomic E-state index is 0.291. The van der Waals surface area contributed by atoms with Crippen molar-refractivity contribution in [3.63, 3.8) is 0 Å². The van der Waals surface area contributed by atoms with Gasteiger partial charge < -0.3 is 14.9 Å². The van der Waals surface area contributed by atoms with Crippen LogP contribution in [0.15, 0.2) is 0 Å². The van der Waals surface area contributed by atoms with Crippen LogP contribution >= 0.6 is 0 Å². The van der Waals surface area contributed by atoms with Gasteiger partial charge in [0.05, 0.1) is 0 Å². The SMILES string of the molecule is CC1CN(C(=O)NOCC(=O)O)CCN1C. The molecule has 7 heteroatoms. The molecule has 2 amide bonds. The fourth-order valence-corrected chi connectivity index (χ4v) is 1.46. The molecule has 0 spiro atoms. The van der Waals surface area contributed by atoms with Gasteiger partial charge >= 0.3 is 12.0 Å². The van der Waals surface area contributed by atoms with Gasteiger partial charge in [-0.25, -0.2) is 15.1 Å². The number of carboxylic acids is 1. The van der Waals surface area contributed by atoms with Crippen LogP contribution < -0.4 is 5.48 Å². The summed E-state index contributed by atoms with van der Waals surface area (Å²) in [6.45, 7) is 3.52. The van der Waals surface area contributed by atoms with Crippen LogP contribution in [0.3, 0.4) is 0 Å². The van der Waals surface area contributed by atoms with Crippen LogP contribution in [0.4, 0.5) is 4.79 Å². The Morgan fingerprint density at radius 2 is 2.19 bits per heavy atom. The highest BCUT2D eigenvalue weighted by molar-refractivity contribution is 5.73. The number of nitrogens with one attached hydrogen (secondary N) is 1. The van der Waals surface area contributed by atoms with E-state index in [9.17, 15) is 9.59 Å². The first-order valence-corrected chi connectivity index (χ1v) is 5.09. The number of carboxylic acid groups (broad SMARTS) is 1. The van der Waals surface area contributed by atoms with Gasteiger partial charge in [-0.1, -0.05) is 0 Å². The van der Waals surface area contributed by atoms with Crippen molar-refractivity contribution in [2.75, 3.05) is 33.3 Å². The molecule has 0 aromatic carbocycles. The Balaban J connectivity index is 2.29. The fourth-order valence-electron chi connectivity index (χ4n) is 1.46. The van der Waals surface area contributed by atoms with E-state index < -0.39 is 12.6 Å². The Kier molecular flexibility index (Phi) is 4.51. The van der Waals surface area contributed by atoms with Gasteiger partial charge in [0.2, 0.25) is 0 Å². The van der Waals surface area contributed by atoms with Crippen LogP contribution in [0.1, 0.15) is 6.92 Å². The normalized spacial score (nSPS) is 21.9. The predicted octanol–water partition coefficient (Wildman–Crippen LogP) is -0.652. The molecule has 1 aliphatic heterocycles. The van der Waals surface area contributed by atoms with Gasteiger partial charge in [-0.2, -0.15) is 0 Å². The minimum Gasteiger partial charge on any atom is -0.479 e. The Morgan fingerprint density at radius 3 is 2.75 bits per heavy atom. The summed E-state index contributed by atoms with van der Waals surface area (Å²) in [5.41, 5.74) is 2.11. The van der Waals surface area contributed by atoms with Crippen LogP contribution in [-0.2, 0) is 9.63 Å². The first kappa shape index (κ1) is 12.7. The number of hydrogen-bond acceptors (Lipinski definition) is 4. The third kappa shape index (κ3) is 3.67. The number of aliphatic carboxylic acids is 1. The lowest BCUT2D eigenvalue weighted by atomic mass is 10.2. The number of carbonyl (C=O) groups excluding carboxylic acids is 1. The summed E-state index contributed by atoms with van der Waals surface area (Å²) in [5.74, 6) is -1.12. The van der Waals surface area contributed by atoms with Gasteiger partial charge in [-0.15, -0.1) is 0 Å². The molecule has 1 atom stereocenters. The molecule has 1 aliphatic rings. The zero-order valence-electron chi connectivity index (χ0n) is 9.47. The first-order valence-electron chi connectivity index (χ1n) is 5.09. The molecule has 1 saturated heterocycles. The maximum atomic E-state index is 11.5. The summed E-state index contributed by atoms with van der Waals surface area (Å²) in [4.78, 5) is 29.9. The Hall–Kier alpha value is -1.34. The molecular formula is C9H17N3O4. The zero-order valence-corrected chi connectivity index (χ0v) is 9.47. The number of carbonyl (C=O) groups is 2. The summed E-state index contributed by atoms with van der Waals surface area (Å²) in [6.07, 6.45) is 0. The summed E-state index contributed by atoms with van der Waals surface area (Å²) in [6, 6.07) is -0.0971. The summed E-state index contributed by atoms with van der Waals surface area (Å²) in [7, 11) is 2.00. The number of amides is 2. The van der Waals surface area contributed by atoms with Crippen LogP contribution in [0.5, 0.6) is 0 Å². The van der Waals surface area contributed by atoms with E-state index in [0.717, 1.165) is 6.54 Å². The molecule has 0 aromatic heterocycles. The topological polar surface area (TPSA) is 82.1 Å². The number of hydroxylamine groups is 1. The smallest absolute Gasteiger partial charge is 0.341 e. The summed E-state index contributed by atoms with van der Waals surface area (Å²) in [5, 5.41) is 8.32. The van der Waals surface area contributed by atoms with Gasteiger partial charge in [0.1, 0.15) is 0 Å². The van der Waals surface area contributed by atoms with Crippen molar-refractivity contribution in [2.24, 2.45) is 0 Å². The van der Waals surface area contributed by atoms with Crippen LogP contribution in [0.25, 0.3) is 0 Å². The molecule has 1 rings (SSSR count). The standard InChI is InChI=1S/C9H17N3O4/c1-7-5-12(4-3-11(7)2)9(15)10-16-6-8(13)14/h7H,3-6H2,1-2H3,(H,10,15)(H,13,14). The van der Waals surface area contributed by atoms with Gasteiger partial charge in [0.25, 0.3) is 0 Å². The second-order valence-corrected chi connectivity index (χ2v) is 3.87. The maximum Gasteiger partial charge on any atom is 0.341 e. The predicted molar refractivity (Wildman–Crippen MR) is 55.8 cm³/mol. The third-order valence-corrected chi connectivity index (χ3v) is 2.60. The number of nitrogens with zero attached hydrogens (tertiary/aromatic N) is 2. The molecule has 1 unspecified atom stereocenters. The first-order chi connectivity index (χ1) is 7.50. The van der Waals surface area contributed by atoms with Gasteiger partial charge in [0.15, 0.2) is 6.61 Å². The van der Waals surface area contributed by atoms with Crippen LogP contribution in [0, 0.1) is 0 Å². The van der Waals surface area contributed by atoms with Crippen LogP contribution in [-0.4, -0.2) is 66.2 Å². The molecule has 1 heterocycles. The molecule has 16 heavy (non-hydrogen) atoms. The number of urea groups is 1. The second kappa shape index (κ2) is 5.66. The van der Waals surface area contributed by atoms with E-state index in [1.807, 2.05) is 14.0 Å². The zero-order chi connectivity index (χ0) is 12.1. The van der Waals surface area contributed by atoms with Crippen molar-refractivity contribution in [1.82, 2.24) is 15.3 Å². The molecule has 0 saturated carbocycles. The van der Waals surface area contributed by atoms with Crippen molar-refractivity contribution in [1.29, 1.82) is 0 Å². The lowest BCUT2D eigenvalue weighted by Gasteiger charge is -2.37. The maximum absolute atomic E-state index is 11.5. The Bertz CT molecular complexity index is 271. The number of piperazine rings is 1. The van der Waals surface area contributed by atoms with Crippen molar-refractivity contribution < 1.29 is 19.5 Å². The average molecular weight is 231 g/mol. The Labute approximate surface area is 93.9 Å². The monoisotopic (exact) mass is 231 g/mol. The van der Waals surface area contributed by atoms with E-state index in [0.29, 0.717) is 19.1 Å². The molecular weight excluding hydrogens is 214 g/mol. The number of rotatable bonds is 3. The fraction of sp³-hybridized carbons (Fsp3) is 0.778. The highest BCUT2D eigenvalue weighted by Gasteiger charge is 2.24. The summed E-state index contributed by atoms with van der Waals surface area (Å²) < 4.78 is 0. The van der Waals surface area contributed by atoms with E-state index in [-0.39, 0.29) is 6.03 Å². The Morgan fingerprint density at radius 1 is 1.50 bits per heavy atom. The lowest BCUT2D eigenvalue weighted by Crippen LogP contribution is -2.54. The molecule has 0 aliphatic carbocycles. The molecule has 0 bridgehead atoms. The van der Waals surface area contributed by atoms with E-state index in [1.54, 1.807) is 4.90 Å². The molecule has 7 nitrogen and oxygen atoms in total. The van der Waals surface area contributed by atoms with Crippen molar-refractivity contribution in [2.45, 2.75) is 13.0 Å². The molecule has 1 fully saturated rings. The van der Waals surface area contributed by atoms with Crippen molar-refractivity contribution in [3.05, 3.63) is 0 Å². The van der Waals surface area contributed by atoms with Crippen molar-refractivity contribution in [3.8, 4) is 0 Å². The van der Waals surface area contributed by atoms with Gasteiger partial charge in [-0.3, -0.25) is 4.84 Å². The highest BCUT2D eigenvalue weighted by Crippen LogP contribution is 2.06. The largest absolute Gasteiger partial charge is 0.479 e. The van der Waals surface area contributed by atoms with Gasteiger partial charge in [-0.05, 0) is 14.0 Å². The van der Waals surface area contributed by atoms with Gasteiger partial charge in [0, 0.05) is 25.7 Å². The van der Waals surface area contributed by atoms with E-state index in [1.165, 1.54) is 0 Å². The number of hydrogen-bond donors (Lipinski definition) is 2. The quantitative estimate of drug-likeness (QED) is 0.631.